The summed E-state index contributed by atoms with van der Waals surface area (Å²) in [4.78, 5) is 27.7. The van der Waals surface area contributed by atoms with Crippen LogP contribution in [-0.4, -0.2) is 123 Å². The molecule has 0 aromatic heterocycles. The molecule has 3 fully saturated rings. The Balaban J connectivity index is 1.01. The first-order valence-corrected chi connectivity index (χ1v) is 36.2. The zero-order valence-corrected chi connectivity index (χ0v) is 58.9. The molecule has 15 atom stereocenters. The summed E-state index contributed by atoms with van der Waals surface area (Å²) in [7, 11) is 1.52. The van der Waals surface area contributed by atoms with Gasteiger partial charge in [-0.15, -0.1) is 0 Å². The van der Waals surface area contributed by atoms with Gasteiger partial charge < -0.3 is 71.6 Å². The van der Waals surface area contributed by atoms with E-state index >= 15 is 0 Å². The van der Waals surface area contributed by atoms with Crippen molar-refractivity contribution in [2.75, 3.05) is 20.3 Å². The van der Waals surface area contributed by atoms with E-state index in [2.05, 4.69) is 17.4 Å². The van der Waals surface area contributed by atoms with E-state index in [1.165, 1.54) is 18.8 Å². The third-order valence-electron chi connectivity index (χ3n) is 18.1. The van der Waals surface area contributed by atoms with Crippen molar-refractivity contribution >= 4 is 23.6 Å². The Bertz CT molecular complexity index is 3870. The highest BCUT2D eigenvalue weighted by molar-refractivity contribution is 7.99. The molecule has 18 heteroatoms. The van der Waals surface area contributed by atoms with Crippen LogP contribution < -0.4 is 5.32 Å². The van der Waals surface area contributed by atoms with Gasteiger partial charge in [0.15, 0.2) is 18.7 Å². The predicted molar refractivity (Wildman–Crippen MR) is 389 cm³/mol. The van der Waals surface area contributed by atoms with Gasteiger partial charge >= 0.3 is 5.97 Å². The fourth-order valence-corrected chi connectivity index (χ4v) is 13.9. The quantitative estimate of drug-likeness (QED) is 0.0367. The Morgan fingerprint density at radius 2 is 0.660 bits per heavy atom. The third-order valence-corrected chi connectivity index (χ3v) is 19.2. The molecule has 12 rings (SSSR count). The minimum Gasteiger partial charge on any atom is -0.457 e. The Morgan fingerprint density at radius 3 is 1.07 bits per heavy atom. The van der Waals surface area contributed by atoms with Gasteiger partial charge in [-0.3, -0.25) is 9.59 Å². The standard InChI is InChI=1S/C85H91NO16S/c1-60-74(100-73(88)49-48-72(87)86-2)77(92-53-64-36-18-6-19-37-64)80(95-56-67-42-24-9-25-43-67)83(97-60)102-81-78(93-54-65-38-20-7-21-39-65)75(91-52-63-34-16-5-17-35-63)70(58-89-50-61-30-12-3-13-31-61)98-84(81)101-76-71(59-90-51-62-32-14-4-15-33-62)99-85(103-69-46-28-11-29-47-69)82(96-57-68-44-26-10-27-45-68)79(76)94-55-66-40-22-8-23-41-66/h3-47,60,70-71,74-85H,48-59H2,1-2H3,(H,86,87)/t60?,70?,71?,74-,75+,76-,77+,78-,79-,80?,81?,82?,83+,84+,85+/m1/s1. The lowest BCUT2D eigenvalue weighted by molar-refractivity contribution is -0.392. The molecule has 0 radical (unpaired) electrons. The first kappa shape index (κ1) is 74.5. The van der Waals surface area contributed by atoms with Gasteiger partial charge in [0.05, 0.1) is 78.6 Å². The van der Waals surface area contributed by atoms with E-state index in [4.69, 9.17) is 66.3 Å². The molecule has 1 N–H and O–H groups in total. The summed E-state index contributed by atoms with van der Waals surface area (Å²) in [5, 5.41) is 2.60. The Morgan fingerprint density at radius 1 is 0.340 bits per heavy atom. The van der Waals surface area contributed by atoms with E-state index < -0.39 is 97.2 Å². The maximum absolute atomic E-state index is 14.1. The van der Waals surface area contributed by atoms with Gasteiger partial charge in [0.1, 0.15) is 66.5 Å². The van der Waals surface area contributed by atoms with Gasteiger partial charge in [-0.25, -0.2) is 0 Å². The van der Waals surface area contributed by atoms with Gasteiger partial charge in [-0.2, -0.15) is 0 Å². The SMILES string of the molecule is CNC(=O)CCC(=O)O[C@@H]1C(C)O[C@@H](OC2[C@H](O[C@@H]3C(COCc4ccccc4)O[C@@H](Sc4ccccc4)C(OCc4ccccc4)[C@@H]3OCc3ccccc3)OC(COCc3ccccc3)[C@H](OCc3ccccc3)[C@H]2OCc2ccccc2)C(OCc2ccccc2)[C@H]1OCc1ccccc1. The van der Waals surface area contributed by atoms with Gasteiger partial charge in [-0.05, 0) is 63.6 Å². The molecular formula is C85H91NO16S. The molecule has 0 spiro atoms. The monoisotopic (exact) mass is 1410 g/mol. The normalized spacial score (nSPS) is 24.8. The molecule has 3 aliphatic heterocycles. The van der Waals surface area contributed by atoms with Crippen LogP contribution in [0.3, 0.4) is 0 Å². The number of thioether (sulfide) groups is 1. The van der Waals surface area contributed by atoms with Crippen molar-refractivity contribution in [3.05, 3.63) is 317 Å². The van der Waals surface area contributed by atoms with Gasteiger partial charge in [0.25, 0.3) is 0 Å². The highest BCUT2D eigenvalue weighted by Crippen LogP contribution is 2.42. The molecule has 3 heterocycles. The Kier molecular flexibility index (Phi) is 28.6. The van der Waals surface area contributed by atoms with Crippen LogP contribution in [0.5, 0.6) is 0 Å². The largest absolute Gasteiger partial charge is 0.457 e. The number of hydrogen-bond acceptors (Lipinski definition) is 17. The lowest BCUT2D eigenvalue weighted by Gasteiger charge is -2.52. The molecular weight excluding hydrogens is 1320 g/mol. The zero-order chi connectivity index (χ0) is 70.6. The molecule has 1 amide bonds. The molecule has 9 aromatic rings. The van der Waals surface area contributed by atoms with E-state index in [0.717, 1.165) is 49.4 Å². The van der Waals surface area contributed by atoms with Crippen LogP contribution in [-0.2, 0) is 129 Å². The van der Waals surface area contributed by atoms with Crippen molar-refractivity contribution in [1.82, 2.24) is 5.32 Å². The summed E-state index contributed by atoms with van der Waals surface area (Å²) in [6.45, 7) is 3.08. The van der Waals surface area contributed by atoms with E-state index in [9.17, 15) is 9.59 Å². The van der Waals surface area contributed by atoms with Crippen LogP contribution in [0.4, 0.5) is 0 Å². The predicted octanol–water partition coefficient (Wildman–Crippen LogP) is 14.1. The van der Waals surface area contributed by atoms with Crippen LogP contribution in [0.1, 0.15) is 64.3 Å². The lowest BCUT2D eigenvalue weighted by Crippen LogP contribution is -2.68. The first-order valence-electron chi connectivity index (χ1n) is 35.3. The molecule has 0 bridgehead atoms. The number of carbonyl (C=O) groups excluding carboxylic acids is 2. The number of amides is 1. The molecule has 0 aliphatic carbocycles. The molecule has 0 saturated carbocycles. The minimum absolute atomic E-state index is 0.00554. The number of benzene rings is 9. The van der Waals surface area contributed by atoms with Crippen LogP contribution in [0.25, 0.3) is 0 Å². The summed E-state index contributed by atoms with van der Waals surface area (Å²) in [5.74, 6) is -0.940. The molecule has 3 aliphatic rings. The average molecular weight is 1410 g/mol. The smallest absolute Gasteiger partial charge is 0.306 e. The van der Waals surface area contributed by atoms with Crippen LogP contribution in [0.15, 0.2) is 278 Å². The second kappa shape index (κ2) is 39.6. The fraction of sp³-hybridized carbons (Fsp3) is 0.341. The van der Waals surface area contributed by atoms with E-state index in [-0.39, 0.29) is 84.8 Å². The second-order valence-corrected chi connectivity index (χ2v) is 26.8. The first-order chi connectivity index (χ1) is 50.8. The summed E-state index contributed by atoms with van der Waals surface area (Å²) >= 11 is 1.53. The van der Waals surface area contributed by atoms with Crippen LogP contribution >= 0.6 is 11.8 Å². The van der Waals surface area contributed by atoms with Gasteiger partial charge in [0, 0.05) is 18.4 Å². The average Bonchev–Trinajstić information content (AvgIpc) is 0.763. The van der Waals surface area contributed by atoms with Crippen LogP contribution in [0, 0.1) is 0 Å². The second-order valence-electron chi connectivity index (χ2n) is 25.6. The number of nitrogens with one attached hydrogen (secondary N) is 1. The topological polar surface area (TPSA) is 175 Å². The van der Waals surface area contributed by atoms with Crippen molar-refractivity contribution in [3.8, 4) is 0 Å². The van der Waals surface area contributed by atoms with E-state index in [0.29, 0.717) is 0 Å². The number of carbonyl (C=O) groups is 2. The molecule has 17 nitrogen and oxygen atoms in total. The number of esters is 1. The number of hydrogen-bond donors (Lipinski definition) is 1. The van der Waals surface area contributed by atoms with Crippen LogP contribution in [0.2, 0.25) is 0 Å². The summed E-state index contributed by atoms with van der Waals surface area (Å²) in [5.41, 5.74) is 6.56. The minimum atomic E-state index is -1.42. The highest BCUT2D eigenvalue weighted by atomic mass is 32.2. The van der Waals surface area contributed by atoms with Crippen molar-refractivity contribution in [2.24, 2.45) is 0 Å². The summed E-state index contributed by atoms with van der Waals surface area (Å²) in [6, 6.07) is 89.3. The Hall–Kier alpha value is -8.25. The maximum Gasteiger partial charge on any atom is 0.306 e. The number of ether oxygens (including phenoxy) is 14. The van der Waals surface area contributed by atoms with Gasteiger partial charge in [0.2, 0.25) is 5.91 Å². The van der Waals surface area contributed by atoms with Crippen molar-refractivity contribution in [1.29, 1.82) is 0 Å². The maximum atomic E-state index is 14.1. The fourth-order valence-electron chi connectivity index (χ4n) is 12.7. The zero-order valence-electron chi connectivity index (χ0n) is 58.1. The summed E-state index contributed by atoms with van der Waals surface area (Å²) < 4.78 is 102. The van der Waals surface area contributed by atoms with Gasteiger partial charge in [-0.1, -0.05) is 273 Å². The molecule has 103 heavy (non-hydrogen) atoms. The molecule has 538 valence electrons. The molecule has 3 saturated heterocycles. The molecule has 6 unspecified atom stereocenters. The highest BCUT2D eigenvalue weighted by Gasteiger charge is 2.57. The van der Waals surface area contributed by atoms with E-state index in [1.54, 1.807) is 6.92 Å². The Labute approximate surface area is 608 Å². The van der Waals surface area contributed by atoms with Crippen molar-refractivity contribution in [3.63, 3.8) is 0 Å². The van der Waals surface area contributed by atoms with Crippen molar-refractivity contribution in [2.45, 2.75) is 169 Å². The lowest BCUT2D eigenvalue weighted by atomic mass is 9.95. The summed E-state index contributed by atoms with van der Waals surface area (Å²) in [6.07, 6.45) is -15.2. The van der Waals surface area contributed by atoms with Crippen molar-refractivity contribution < 1.29 is 75.9 Å². The number of rotatable bonds is 36. The molecule has 9 aromatic carbocycles. The van der Waals surface area contributed by atoms with E-state index in [1.807, 2.05) is 261 Å². The third kappa shape index (κ3) is 22.2.